The van der Waals surface area contributed by atoms with E-state index >= 15 is 0 Å². The molecule has 2 aromatic carbocycles. The van der Waals surface area contributed by atoms with Crippen LogP contribution in [0.1, 0.15) is 47.8 Å². The summed E-state index contributed by atoms with van der Waals surface area (Å²) in [5, 5.41) is 24.8. The predicted octanol–water partition coefficient (Wildman–Crippen LogP) is 3.58. The van der Waals surface area contributed by atoms with Crippen LogP contribution in [0.4, 0.5) is 0 Å². The largest absolute Gasteiger partial charge is 0.504 e. The molecule has 32 heavy (non-hydrogen) atoms. The second-order valence-electron chi connectivity index (χ2n) is 10.9. The molecule has 5 nitrogen and oxygen atoms in total. The van der Waals surface area contributed by atoms with Crippen LogP contribution in [0.3, 0.4) is 0 Å². The van der Waals surface area contributed by atoms with E-state index in [0.717, 1.165) is 37.4 Å². The van der Waals surface area contributed by atoms with Crippen molar-refractivity contribution in [1.82, 2.24) is 9.47 Å². The number of ether oxygens (including phenoxy) is 1. The molecule has 2 bridgehead atoms. The Hall–Kier alpha value is -2.50. The van der Waals surface area contributed by atoms with Crippen molar-refractivity contribution in [2.45, 2.75) is 55.3 Å². The van der Waals surface area contributed by atoms with Crippen molar-refractivity contribution in [3.05, 3.63) is 58.8 Å². The molecule has 0 radical (unpaired) electrons. The minimum atomic E-state index is -0.909. The van der Waals surface area contributed by atoms with Gasteiger partial charge in [-0.1, -0.05) is 24.3 Å². The standard InChI is InChI=1S/C27H28N2O3/c1-28-19-5-3-2-4-17(19)18-13-27(31)21-12-16-8-9-20(30)24-22(16)26(27,25(32-24)23(18)28)10-11-29(21)14-15-6-7-15/h2-5,8-9,15,21,25,30-31H,6-7,10-14H2,1H3/t21-,25?,26-,27+/m0/s1. The fourth-order valence-electron chi connectivity index (χ4n) is 7.93. The molecule has 2 fully saturated rings. The minimum absolute atomic E-state index is 0.0815. The van der Waals surface area contributed by atoms with Crippen molar-refractivity contribution in [3.63, 3.8) is 0 Å². The number of piperidine rings is 1. The van der Waals surface area contributed by atoms with Crippen molar-refractivity contribution in [3.8, 4) is 11.5 Å². The quantitative estimate of drug-likeness (QED) is 0.655. The third-order valence-electron chi connectivity index (χ3n) is 9.47. The van der Waals surface area contributed by atoms with Crippen molar-refractivity contribution < 1.29 is 14.9 Å². The Kier molecular flexibility index (Phi) is 3.10. The van der Waals surface area contributed by atoms with Crippen LogP contribution in [-0.2, 0) is 25.3 Å². The first-order valence-electron chi connectivity index (χ1n) is 12.1. The van der Waals surface area contributed by atoms with Gasteiger partial charge < -0.3 is 19.5 Å². The van der Waals surface area contributed by atoms with Crippen LogP contribution in [0.5, 0.6) is 11.5 Å². The van der Waals surface area contributed by atoms with Crippen molar-refractivity contribution in [1.29, 1.82) is 0 Å². The summed E-state index contributed by atoms with van der Waals surface area (Å²) in [5.74, 6) is 1.60. The Morgan fingerprint density at radius 2 is 2.00 bits per heavy atom. The molecule has 1 saturated carbocycles. The number of benzene rings is 2. The van der Waals surface area contributed by atoms with Gasteiger partial charge in [0, 0.05) is 42.5 Å². The highest BCUT2D eigenvalue weighted by molar-refractivity contribution is 5.87. The zero-order valence-electron chi connectivity index (χ0n) is 18.3. The summed E-state index contributed by atoms with van der Waals surface area (Å²) in [6, 6.07) is 12.5. The number of aryl methyl sites for hydroxylation is 1. The molecule has 164 valence electrons. The first kappa shape index (κ1) is 18.0. The summed E-state index contributed by atoms with van der Waals surface area (Å²) in [7, 11) is 2.12. The van der Waals surface area contributed by atoms with Crippen molar-refractivity contribution >= 4 is 10.9 Å². The summed E-state index contributed by atoms with van der Waals surface area (Å²) in [4.78, 5) is 2.59. The fraction of sp³-hybridized carbons (Fsp3) is 0.481. The van der Waals surface area contributed by atoms with Crippen LogP contribution in [-0.4, -0.2) is 44.4 Å². The molecule has 1 aromatic heterocycles. The van der Waals surface area contributed by atoms with E-state index in [1.807, 2.05) is 0 Å². The molecule has 3 aromatic rings. The highest BCUT2D eigenvalue weighted by Crippen LogP contribution is 2.69. The molecular weight excluding hydrogens is 400 g/mol. The summed E-state index contributed by atoms with van der Waals surface area (Å²) in [5.41, 5.74) is 4.50. The monoisotopic (exact) mass is 428 g/mol. The molecule has 4 atom stereocenters. The molecule has 2 N–H and O–H groups in total. The molecule has 0 amide bonds. The number of rotatable bonds is 2. The van der Waals surface area contributed by atoms with Gasteiger partial charge in [-0.05, 0) is 61.4 Å². The van der Waals surface area contributed by atoms with Crippen LogP contribution >= 0.6 is 0 Å². The normalized spacial score (nSPS) is 34.3. The minimum Gasteiger partial charge on any atom is -0.504 e. The van der Waals surface area contributed by atoms with E-state index in [0.29, 0.717) is 12.2 Å². The highest BCUT2D eigenvalue weighted by Gasteiger charge is 2.73. The summed E-state index contributed by atoms with van der Waals surface area (Å²) in [6.45, 7) is 2.08. The molecule has 5 heteroatoms. The second kappa shape index (κ2) is 5.52. The number of phenolic OH excluding ortho intramolecular Hbond substituents is 1. The third-order valence-corrected chi connectivity index (χ3v) is 9.47. The zero-order valence-corrected chi connectivity index (χ0v) is 18.3. The first-order chi connectivity index (χ1) is 15.5. The average molecular weight is 429 g/mol. The molecular formula is C27H28N2O3. The summed E-state index contributed by atoms with van der Waals surface area (Å²) < 4.78 is 8.96. The number of para-hydroxylation sites is 1. The molecule has 8 rings (SSSR count). The van der Waals surface area contributed by atoms with E-state index in [9.17, 15) is 10.2 Å². The lowest BCUT2D eigenvalue weighted by Gasteiger charge is -2.63. The van der Waals surface area contributed by atoms with Gasteiger partial charge in [-0.2, -0.15) is 0 Å². The summed E-state index contributed by atoms with van der Waals surface area (Å²) >= 11 is 0. The van der Waals surface area contributed by atoms with Gasteiger partial charge in [0.25, 0.3) is 0 Å². The third kappa shape index (κ3) is 1.84. The Labute approximate surface area is 187 Å². The van der Waals surface area contributed by atoms with Gasteiger partial charge in [-0.15, -0.1) is 0 Å². The number of likely N-dealkylation sites (tertiary alicyclic amines) is 1. The van der Waals surface area contributed by atoms with Crippen LogP contribution in [0.25, 0.3) is 10.9 Å². The van der Waals surface area contributed by atoms with Gasteiger partial charge >= 0.3 is 0 Å². The Balaban J connectivity index is 1.44. The highest BCUT2D eigenvalue weighted by atomic mass is 16.5. The van der Waals surface area contributed by atoms with Crippen LogP contribution in [0, 0.1) is 5.92 Å². The maximum Gasteiger partial charge on any atom is 0.166 e. The Morgan fingerprint density at radius 3 is 2.84 bits per heavy atom. The first-order valence-corrected chi connectivity index (χ1v) is 12.1. The zero-order chi connectivity index (χ0) is 21.4. The number of aliphatic hydroxyl groups is 1. The number of fused-ring (bicyclic) bond motifs is 4. The lowest BCUT2D eigenvalue weighted by molar-refractivity contribution is -0.173. The van der Waals surface area contributed by atoms with Crippen LogP contribution < -0.4 is 4.74 Å². The average Bonchev–Trinajstić information content (AvgIpc) is 3.47. The van der Waals surface area contributed by atoms with Crippen molar-refractivity contribution in [2.75, 3.05) is 13.1 Å². The maximum absolute atomic E-state index is 12.8. The van der Waals surface area contributed by atoms with Crippen molar-refractivity contribution in [2.24, 2.45) is 13.0 Å². The van der Waals surface area contributed by atoms with E-state index in [-0.39, 0.29) is 17.9 Å². The van der Waals surface area contributed by atoms with Gasteiger partial charge in [-0.25, -0.2) is 0 Å². The van der Waals surface area contributed by atoms with Gasteiger partial charge in [0.1, 0.15) is 0 Å². The number of aromatic nitrogens is 1. The number of hydrogen-bond donors (Lipinski definition) is 2. The van der Waals surface area contributed by atoms with E-state index in [1.54, 1.807) is 6.07 Å². The smallest absolute Gasteiger partial charge is 0.166 e. The van der Waals surface area contributed by atoms with Gasteiger partial charge in [0.15, 0.2) is 17.6 Å². The van der Waals surface area contributed by atoms with Gasteiger partial charge in [0.05, 0.1) is 16.7 Å². The molecule has 1 unspecified atom stereocenters. The topological polar surface area (TPSA) is 57.9 Å². The van der Waals surface area contributed by atoms with Crippen LogP contribution in [0.15, 0.2) is 36.4 Å². The van der Waals surface area contributed by atoms with E-state index < -0.39 is 11.0 Å². The molecule has 5 aliphatic rings. The molecule has 3 aliphatic carbocycles. The van der Waals surface area contributed by atoms with E-state index in [2.05, 4.69) is 46.8 Å². The molecule has 3 heterocycles. The second-order valence-corrected chi connectivity index (χ2v) is 10.9. The van der Waals surface area contributed by atoms with Crippen LogP contribution in [0.2, 0.25) is 0 Å². The number of hydrogen-bond acceptors (Lipinski definition) is 4. The maximum atomic E-state index is 12.8. The molecule has 2 aliphatic heterocycles. The van der Waals surface area contributed by atoms with Gasteiger partial charge in [-0.3, -0.25) is 4.90 Å². The number of aromatic hydroxyl groups is 1. The number of phenols is 1. The summed E-state index contributed by atoms with van der Waals surface area (Å²) in [6.07, 6.45) is 4.69. The van der Waals surface area contributed by atoms with E-state index in [1.165, 1.54) is 40.6 Å². The molecule has 1 spiro atoms. The lowest BCUT2D eigenvalue weighted by atomic mass is 9.49. The van der Waals surface area contributed by atoms with E-state index in [4.69, 9.17) is 4.74 Å². The Morgan fingerprint density at radius 1 is 1.16 bits per heavy atom. The SMILES string of the molecule is Cn1c2c(c3ccccc31)C[C@@]1(O)[C@@H]3Cc4ccc(O)c5c4[C@@]1(CCN3CC1CC1)C2O5. The molecule has 1 saturated heterocycles. The number of nitrogens with zero attached hydrogens (tertiary/aromatic N) is 2. The fourth-order valence-corrected chi connectivity index (χ4v) is 7.93. The Bertz CT molecular complexity index is 1320. The predicted molar refractivity (Wildman–Crippen MR) is 121 cm³/mol. The lowest BCUT2D eigenvalue weighted by Crippen LogP contribution is -2.74. The van der Waals surface area contributed by atoms with Gasteiger partial charge in [0.2, 0.25) is 0 Å².